The van der Waals surface area contributed by atoms with Crippen molar-refractivity contribution in [3.8, 4) is 0 Å². The van der Waals surface area contributed by atoms with E-state index in [-0.39, 0.29) is 11.9 Å². The zero-order valence-corrected chi connectivity index (χ0v) is 16.0. The lowest BCUT2D eigenvalue weighted by atomic mass is 9.91. The van der Waals surface area contributed by atoms with Gasteiger partial charge in [-0.3, -0.25) is 4.79 Å². The van der Waals surface area contributed by atoms with E-state index in [1.165, 1.54) is 0 Å². The topological polar surface area (TPSA) is 61.4 Å². The molecule has 4 rings (SSSR count). The van der Waals surface area contributed by atoms with E-state index >= 15 is 0 Å². The number of fused-ring (bicyclic) bond motifs is 1. The Hall–Kier alpha value is -2.89. The fourth-order valence-electron chi connectivity index (χ4n) is 3.81. The number of para-hydroxylation sites is 1. The summed E-state index contributed by atoms with van der Waals surface area (Å²) in [6.07, 6.45) is 8.28. The molecule has 6 nitrogen and oxygen atoms in total. The molecule has 1 aliphatic heterocycles. The molecular weight excluding hydrogens is 338 g/mol. The maximum absolute atomic E-state index is 13.0. The van der Waals surface area contributed by atoms with Crippen LogP contribution in [0.5, 0.6) is 0 Å². The van der Waals surface area contributed by atoms with Crippen molar-refractivity contribution in [1.29, 1.82) is 0 Å². The number of carbonyl (C=O) groups excluding carboxylic acids is 1. The van der Waals surface area contributed by atoms with Crippen LogP contribution in [0.2, 0.25) is 0 Å². The SMILES string of the molecule is CN1C(=O)C(C)(C)CN(C2C=CCC2)c2nc(Nc3ccccc3)ncc21. The molecule has 1 N–H and O–H groups in total. The number of carbonyl (C=O) groups is 1. The van der Waals surface area contributed by atoms with Gasteiger partial charge in [-0.2, -0.15) is 4.98 Å². The van der Waals surface area contributed by atoms with Crippen LogP contribution in [0.4, 0.5) is 23.1 Å². The zero-order chi connectivity index (χ0) is 19.0. The molecule has 0 bridgehead atoms. The standard InChI is InChI=1S/C21H25N5O/c1-21(2)14-26(16-11-7-8-12-16)18-17(25(3)19(21)27)13-22-20(24-18)23-15-9-5-4-6-10-15/h4-7,9-11,13,16H,8,12,14H2,1-3H3,(H,22,23,24). The molecule has 6 heteroatoms. The first-order valence-electron chi connectivity index (χ1n) is 9.36. The Kier molecular flexibility index (Phi) is 4.34. The van der Waals surface area contributed by atoms with Crippen LogP contribution in [0.1, 0.15) is 26.7 Å². The summed E-state index contributed by atoms with van der Waals surface area (Å²) in [7, 11) is 1.81. The Morgan fingerprint density at radius 2 is 2.00 bits per heavy atom. The molecule has 2 heterocycles. The fourth-order valence-corrected chi connectivity index (χ4v) is 3.81. The first kappa shape index (κ1) is 17.5. The van der Waals surface area contributed by atoms with Gasteiger partial charge < -0.3 is 15.1 Å². The lowest BCUT2D eigenvalue weighted by Gasteiger charge is -2.33. The number of amides is 1. The van der Waals surface area contributed by atoms with Crippen molar-refractivity contribution in [2.24, 2.45) is 5.41 Å². The Morgan fingerprint density at radius 1 is 1.22 bits per heavy atom. The van der Waals surface area contributed by atoms with Crippen molar-refractivity contribution >= 4 is 29.0 Å². The van der Waals surface area contributed by atoms with Gasteiger partial charge in [-0.25, -0.2) is 4.98 Å². The number of nitrogens with one attached hydrogen (secondary N) is 1. The third-order valence-corrected chi connectivity index (χ3v) is 5.25. The molecule has 1 amide bonds. The fraction of sp³-hybridized carbons (Fsp3) is 0.381. The van der Waals surface area contributed by atoms with Crippen LogP contribution in [-0.4, -0.2) is 35.5 Å². The summed E-state index contributed by atoms with van der Waals surface area (Å²) in [5, 5.41) is 3.26. The second kappa shape index (κ2) is 6.68. The normalized spacial score (nSPS) is 21.1. The molecule has 1 aromatic heterocycles. The summed E-state index contributed by atoms with van der Waals surface area (Å²) in [6.45, 7) is 4.62. The predicted octanol–water partition coefficient (Wildman–Crippen LogP) is 3.75. The van der Waals surface area contributed by atoms with E-state index in [0.29, 0.717) is 12.5 Å². The quantitative estimate of drug-likeness (QED) is 0.842. The van der Waals surface area contributed by atoms with Gasteiger partial charge in [0.05, 0.1) is 11.6 Å². The van der Waals surface area contributed by atoms with Crippen LogP contribution < -0.4 is 15.1 Å². The number of nitrogens with zero attached hydrogens (tertiary/aromatic N) is 4. The molecule has 0 radical (unpaired) electrons. The van der Waals surface area contributed by atoms with Gasteiger partial charge in [-0.15, -0.1) is 0 Å². The van der Waals surface area contributed by atoms with E-state index in [1.54, 1.807) is 11.1 Å². The van der Waals surface area contributed by atoms with Crippen LogP contribution in [0.3, 0.4) is 0 Å². The number of benzene rings is 1. The number of rotatable bonds is 3. The van der Waals surface area contributed by atoms with E-state index in [0.717, 1.165) is 30.0 Å². The van der Waals surface area contributed by atoms with Gasteiger partial charge in [0.15, 0.2) is 5.82 Å². The van der Waals surface area contributed by atoms with Crippen molar-refractivity contribution < 1.29 is 4.79 Å². The Morgan fingerprint density at radius 3 is 2.70 bits per heavy atom. The average molecular weight is 363 g/mol. The van der Waals surface area contributed by atoms with Crippen molar-refractivity contribution in [2.75, 3.05) is 28.7 Å². The van der Waals surface area contributed by atoms with Gasteiger partial charge in [0.25, 0.3) is 0 Å². The highest BCUT2D eigenvalue weighted by Gasteiger charge is 2.40. The van der Waals surface area contributed by atoms with Gasteiger partial charge in [0.1, 0.15) is 5.69 Å². The van der Waals surface area contributed by atoms with Gasteiger partial charge in [0, 0.05) is 25.3 Å². The lowest BCUT2D eigenvalue weighted by Crippen LogP contribution is -2.45. The molecule has 2 aliphatic rings. The molecular formula is C21H25N5O. The smallest absolute Gasteiger partial charge is 0.234 e. The minimum Gasteiger partial charge on any atom is -0.347 e. The first-order valence-corrected chi connectivity index (χ1v) is 9.36. The number of anilines is 4. The Labute approximate surface area is 159 Å². The third-order valence-electron chi connectivity index (χ3n) is 5.25. The van der Waals surface area contributed by atoms with Crippen LogP contribution in [0.25, 0.3) is 0 Å². The van der Waals surface area contributed by atoms with Crippen LogP contribution in [-0.2, 0) is 4.79 Å². The second-order valence-electron chi connectivity index (χ2n) is 7.84. The highest BCUT2D eigenvalue weighted by Crippen LogP contribution is 2.39. The van der Waals surface area contributed by atoms with Crippen molar-refractivity contribution in [1.82, 2.24) is 9.97 Å². The first-order chi connectivity index (χ1) is 13.0. The largest absolute Gasteiger partial charge is 0.347 e. The molecule has 27 heavy (non-hydrogen) atoms. The van der Waals surface area contributed by atoms with Gasteiger partial charge >= 0.3 is 0 Å². The molecule has 0 saturated heterocycles. The number of hydrogen-bond donors (Lipinski definition) is 1. The molecule has 1 atom stereocenters. The van der Waals surface area contributed by atoms with E-state index in [1.807, 2.05) is 51.2 Å². The minimum absolute atomic E-state index is 0.0839. The number of allylic oxidation sites excluding steroid dienone is 1. The monoisotopic (exact) mass is 363 g/mol. The second-order valence-corrected chi connectivity index (χ2v) is 7.84. The van der Waals surface area contributed by atoms with Gasteiger partial charge in [-0.05, 0) is 38.8 Å². The summed E-state index contributed by atoms with van der Waals surface area (Å²) in [6, 6.07) is 10.1. The molecule has 1 aliphatic carbocycles. The maximum atomic E-state index is 13.0. The molecule has 2 aromatic rings. The Balaban J connectivity index is 1.77. The van der Waals surface area contributed by atoms with E-state index < -0.39 is 5.41 Å². The van der Waals surface area contributed by atoms with Crippen molar-refractivity contribution in [3.05, 3.63) is 48.7 Å². The highest BCUT2D eigenvalue weighted by atomic mass is 16.2. The summed E-state index contributed by atoms with van der Waals surface area (Å²) in [4.78, 5) is 26.2. The van der Waals surface area contributed by atoms with Crippen LogP contribution >= 0.6 is 0 Å². The third kappa shape index (κ3) is 3.27. The van der Waals surface area contributed by atoms with E-state index in [4.69, 9.17) is 4.98 Å². The van der Waals surface area contributed by atoms with Crippen LogP contribution in [0, 0.1) is 5.41 Å². The highest BCUT2D eigenvalue weighted by molar-refractivity contribution is 6.00. The summed E-state index contributed by atoms with van der Waals surface area (Å²) < 4.78 is 0. The summed E-state index contributed by atoms with van der Waals surface area (Å²) in [5.74, 6) is 1.43. The number of aromatic nitrogens is 2. The lowest BCUT2D eigenvalue weighted by molar-refractivity contribution is -0.125. The molecule has 0 spiro atoms. The maximum Gasteiger partial charge on any atom is 0.234 e. The van der Waals surface area contributed by atoms with Gasteiger partial charge in [-0.1, -0.05) is 30.4 Å². The molecule has 0 fully saturated rings. The van der Waals surface area contributed by atoms with Crippen LogP contribution in [0.15, 0.2) is 48.7 Å². The number of hydrogen-bond acceptors (Lipinski definition) is 5. The van der Waals surface area contributed by atoms with Crippen molar-refractivity contribution in [3.63, 3.8) is 0 Å². The van der Waals surface area contributed by atoms with Gasteiger partial charge in [0.2, 0.25) is 11.9 Å². The van der Waals surface area contributed by atoms with Crippen molar-refractivity contribution in [2.45, 2.75) is 32.7 Å². The predicted molar refractivity (Wildman–Crippen MR) is 108 cm³/mol. The molecule has 0 saturated carbocycles. The molecule has 1 aromatic carbocycles. The Bertz CT molecular complexity index is 877. The molecule has 140 valence electrons. The zero-order valence-electron chi connectivity index (χ0n) is 16.0. The van der Waals surface area contributed by atoms with E-state index in [9.17, 15) is 4.79 Å². The minimum atomic E-state index is -0.501. The van der Waals surface area contributed by atoms with E-state index in [2.05, 4.69) is 27.4 Å². The molecule has 1 unspecified atom stereocenters. The average Bonchev–Trinajstić information content (AvgIpc) is 3.18. The summed E-state index contributed by atoms with van der Waals surface area (Å²) in [5.41, 5.74) is 1.19. The summed E-state index contributed by atoms with van der Waals surface area (Å²) >= 11 is 0.